The molecule has 2 aromatic carbocycles. The number of hydrazone groups is 1. The van der Waals surface area contributed by atoms with E-state index in [1.165, 1.54) is 30.0 Å². The monoisotopic (exact) mass is 512 g/mol. The van der Waals surface area contributed by atoms with E-state index in [0.29, 0.717) is 18.0 Å². The van der Waals surface area contributed by atoms with Gasteiger partial charge in [0.1, 0.15) is 0 Å². The molecular weight excluding hydrogens is 488 g/mol. The minimum absolute atomic E-state index is 0.0206. The predicted molar refractivity (Wildman–Crippen MR) is 138 cm³/mol. The Morgan fingerprint density at radius 1 is 1.11 bits per heavy atom. The summed E-state index contributed by atoms with van der Waals surface area (Å²) in [7, 11) is -1.23. The lowest BCUT2D eigenvalue weighted by Crippen LogP contribution is -2.38. The van der Waals surface area contributed by atoms with Gasteiger partial charge in [-0.3, -0.25) is 0 Å². The third kappa shape index (κ3) is 5.76. The van der Waals surface area contributed by atoms with Crippen molar-refractivity contribution in [2.24, 2.45) is 20.2 Å². The molecule has 3 aromatic rings. The summed E-state index contributed by atoms with van der Waals surface area (Å²) in [6.45, 7) is 0.369. The highest BCUT2D eigenvalue weighted by Gasteiger charge is 2.29. The van der Waals surface area contributed by atoms with Crippen molar-refractivity contribution in [2.45, 2.75) is 12.3 Å². The van der Waals surface area contributed by atoms with Crippen molar-refractivity contribution >= 4 is 39.4 Å². The Bertz CT molecular complexity index is 1350. The van der Waals surface area contributed by atoms with Gasteiger partial charge in [-0.2, -0.15) is 27.9 Å². The summed E-state index contributed by atoms with van der Waals surface area (Å²) in [6.07, 6.45) is 3.78. The first-order valence-electron chi connectivity index (χ1n) is 10.8. The van der Waals surface area contributed by atoms with Crippen molar-refractivity contribution in [2.75, 3.05) is 20.6 Å². The van der Waals surface area contributed by atoms with Crippen LogP contribution in [0.5, 0.6) is 0 Å². The largest absolute Gasteiger partial charge is 0.368 e. The van der Waals surface area contributed by atoms with E-state index < -0.39 is 10.2 Å². The van der Waals surface area contributed by atoms with E-state index in [-0.39, 0.29) is 17.8 Å². The summed E-state index contributed by atoms with van der Waals surface area (Å²) in [5, 5.41) is 10.9. The molecule has 0 aliphatic carbocycles. The summed E-state index contributed by atoms with van der Waals surface area (Å²) in [4.78, 5) is 4.29. The Labute approximate surface area is 209 Å². The molecule has 0 saturated heterocycles. The van der Waals surface area contributed by atoms with Crippen molar-refractivity contribution in [3.63, 3.8) is 0 Å². The molecule has 1 aliphatic heterocycles. The molecule has 12 heteroatoms. The molecule has 182 valence electrons. The van der Waals surface area contributed by atoms with Crippen LogP contribution in [0.4, 0.5) is 0 Å². The minimum atomic E-state index is -4.01. The first-order valence-corrected chi connectivity index (χ1v) is 12.6. The topological polar surface area (TPSA) is 122 Å². The van der Waals surface area contributed by atoms with E-state index in [0.717, 1.165) is 21.1 Å². The highest BCUT2D eigenvalue weighted by atomic mass is 35.5. The van der Waals surface area contributed by atoms with E-state index in [4.69, 9.17) is 22.4 Å². The lowest BCUT2D eigenvalue weighted by Gasteiger charge is -2.31. The number of nitrogens with two attached hydrogens (primary N) is 1. The number of aliphatic imine (C=N–C) groups is 1. The molecule has 0 bridgehead atoms. The van der Waals surface area contributed by atoms with Crippen LogP contribution >= 0.6 is 11.6 Å². The van der Waals surface area contributed by atoms with Gasteiger partial charge < -0.3 is 5.73 Å². The van der Waals surface area contributed by atoms with Crippen LogP contribution in [-0.2, 0) is 10.2 Å². The number of hydrogen-bond donors (Lipinski definition) is 1. The molecule has 2 heterocycles. The first kappa shape index (κ1) is 24.6. The fraction of sp³-hybridized carbons (Fsp3) is 0.217. The maximum Gasteiger partial charge on any atom is 0.325 e. The highest BCUT2D eigenvalue weighted by molar-refractivity contribution is 7.87. The summed E-state index contributed by atoms with van der Waals surface area (Å²) in [5.74, 6) is -0.228. The number of benzene rings is 2. The molecule has 10 nitrogen and oxygen atoms in total. The van der Waals surface area contributed by atoms with Gasteiger partial charge in [0.25, 0.3) is 5.96 Å². The Balaban J connectivity index is 1.83. The van der Waals surface area contributed by atoms with Crippen LogP contribution in [0.25, 0.3) is 0 Å². The number of guanidine groups is 1. The van der Waals surface area contributed by atoms with Crippen LogP contribution < -0.4 is 5.73 Å². The van der Waals surface area contributed by atoms with Crippen LogP contribution in [0.2, 0.25) is 5.02 Å². The maximum absolute atomic E-state index is 12.6. The number of nitrogens with zero attached hydrogens (tertiary/aromatic N) is 7. The lowest BCUT2D eigenvalue weighted by molar-refractivity contribution is 0.399. The smallest absolute Gasteiger partial charge is 0.325 e. The van der Waals surface area contributed by atoms with Gasteiger partial charge in [0.05, 0.1) is 5.71 Å². The van der Waals surface area contributed by atoms with Gasteiger partial charge in [-0.15, -0.1) is 4.40 Å². The van der Waals surface area contributed by atoms with Gasteiger partial charge in [-0.1, -0.05) is 54.1 Å². The fourth-order valence-corrected chi connectivity index (χ4v) is 4.17. The second-order valence-electron chi connectivity index (χ2n) is 7.94. The van der Waals surface area contributed by atoms with Crippen molar-refractivity contribution in [3.05, 3.63) is 89.2 Å². The molecule has 0 radical (unpaired) electrons. The van der Waals surface area contributed by atoms with Crippen LogP contribution in [-0.4, -0.2) is 65.8 Å². The molecular formula is C23H25ClN8O2S. The van der Waals surface area contributed by atoms with Crippen molar-refractivity contribution < 1.29 is 8.42 Å². The predicted octanol–water partition coefficient (Wildman–Crippen LogP) is 2.76. The second-order valence-corrected chi connectivity index (χ2v) is 10.2. The molecule has 0 spiro atoms. The molecule has 4 rings (SSSR count). The molecule has 35 heavy (non-hydrogen) atoms. The molecule has 1 unspecified atom stereocenters. The van der Waals surface area contributed by atoms with E-state index in [1.807, 2.05) is 42.5 Å². The summed E-state index contributed by atoms with van der Waals surface area (Å²) < 4.78 is 31.5. The van der Waals surface area contributed by atoms with E-state index in [2.05, 4.69) is 14.5 Å². The Hall–Kier alpha value is -3.54. The zero-order chi connectivity index (χ0) is 25.0. The standard InChI is InChI=1S/C23H25ClN8O2S/c1-30(2)35(33,34)29-23(27-22(25)31-15-6-14-26-31)32-16-13-20(17-7-4-3-5-8-17)21(28-32)18-9-11-19(24)12-10-18/h3-12,14-15,20H,13,16H2,1-2H3,(H2,25,27,29). The normalized spacial score (nSPS) is 17.5. The van der Waals surface area contributed by atoms with Crippen LogP contribution in [0.15, 0.2) is 87.5 Å². The van der Waals surface area contributed by atoms with Gasteiger partial charge >= 0.3 is 10.2 Å². The Morgan fingerprint density at radius 2 is 1.83 bits per heavy atom. The summed E-state index contributed by atoms with van der Waals surface area (Å²) in [6, 6.07) is 19.0. The quantitative estimate of drug-likeness (QED) is 0.425. The zero-order valence-corrected chi connectivity index (χ0v) is 20.8. The van der Waals surface area contributed by atoms with Gasteiger partial charge in [0.15, 0.2) is 0 Å². The SMILES string of the molecule is CN(C)S(=O)(=O)/N=C(\N=C(/N)n1cccn1)N1CCC(c2ccccc2)C(c2ccc(Cl)cc2)=N1. The van der Waals surface area contributed by atoms with Gasteiger partial charge in [0.2, 0.25) is 5.96 Å². The number of rotatable bonds is 4. The molecule has 2 N–H and O–H groups in total. The average molecular weight is 513 g/mol. The van der Waals surface area contributed by atoms with Crippen LogP contribution in [0, 0.1) is 0 Å². The number of halogens is 1. The highest BCUT2D eigenvalue weighted by Crippen LogP contribution is 2.30. The molecule has 0 amide bonds. The Morgan fingerprint density at radius 3 is 2.46 bits per heavy atom. The van der Waals surface area contributed by atoms with Crippen molar-refractivity contribution in [3.8, 4) is 0 Å². The van der Waals surface area contributed by atoms with Crippen LogP contribution in [0.3, 0.4) is 0 Å². The van der Waals surface area contributed by atoms with Crippen LogP contribution in [0.1, 0.15) is 23.5 Å². The Kier molecular flexibility index (Phi) is 7.29. The minimum Gasteiger partial charge on any atom is -0.368 e. The number of aromatic nitrogens is 2. The zero-order valence-electron chi connectivity index (χ0n) is 19.2. The second kappa shape index (κ2) is 10.4. The van der Waals surface area contributed by atoms with E-state index in [1.54, 1.807) is 24.4 Å². The van der Waals surface area contributed by atoms with Gasteiger partial charge in [-0.05, 0) is 35.7 Å². The summed E-state index contributed by atoms with van der Waals surface area (Å²) in [5.41, 5.74) is 8.78. The summed E-state index contributed by atoms with van der Waals surface area (Å²) >= 11 is 6.11. The molecule has 0 fully saturated rings. The molecule has 1 atom stereocenters. The van der Waals surface area contributed by atoms with Crippen molar-refractivity contribution in [1.82, 2.24) is 19.1 Å². The molecule has 1 aliphatic rings. The lowest BCUT2D eigenvalue weighted by atomic mass is 9.86. The van der Waals surface area contributed by atoms with Crippen molar-refractivity contribution in [1.29, 1.82) is 0 Å². The third-order valence-corrected chi connectivity index (χ3v) is 6.94. The van der Waals surface area contributed by atoms with Gasteiger partial charge in [-0.25, -0.2) is 9.69 Å². The average Bonchev–Trinajstić information content (AvgIpc) is 3.39. The first-order chi connectivity index (χ1) is 16.7. The van der Waals surface area contributed by atoms with E-state index in [9.17, 15) is 8.42 Å². The van der Waals surface area contributed by atoms with E-state index >= 15 is 0 Å². The number of hydrogen-bond acceptors (Lipinski definition) is 4. The molecule has 1 aromatic heterocycles. The maximum atomic E-state index is 12.6. The third-order valence-electron chi connectivity index (χ3n) is 5.37. The fourth-order valence-electron chi connectivity index (χ4n) is 3.54. The van der Waals surface area contributed by atoms with Gasteiger partial charge in [0, 0.05) is 44.0 Å². The molecule has 0 saturated carbocycles.